The molecule has 0 radical (unpaired) electrons. The van der Waals surface area contributed by atoms with Crippen molar-refractivity contribution in [2.24, 2.45) is 16.0 Å². The van der Waals surface area contributed by atoms with Crippen LogP contribution in [0.5, 0.6) is 0 Å². The van der Waals surface area contributed by atoms with E-state index in [9.17, 15) is 14.5 Å². The van der Waals surface area contributed by atoms with Crippen molar-refractivity contribution in [2.75, 3.05) is 13.2 Å². The van der Waals surface area contributed by atoms with Crippen LogP contribution in [-0.4, -0.2) is 55.1 Å². The highest BCUT2D eigenvalue weighted by atomic mass is 16.6. The summed E-state index contributed by atoms with van der Waals surface area (Å²) in [5.41, 5.74) is -1.04. The van der Waals surface area contributed by atoms with E-state index in [-0.39, 0.29) is 12.7 Å². The smallest absolute Gasteiger partial charge is 0.303 e. The van der Waals surface area contributed by atoms with Gasteiger partial charge in [0.1, 0.15) is 24.4 Å². The number of carbonyl (C=O) groups excluding carboxylic acids is 2. The van der Waals surface area contributed by atoms with E-state index in [4.69, 9.17) is 18.9 Å². The van der Waals surface area contributed by atoms with E-state index in [1.807, 2.05) is 19.9 Å². The van der Waals surface area contributed by atoms with Gasteiger partial charge in [-0.2, -0.15) is 4.91 Å². The zero-order valence-electron chi connectivity index (χ0n) is 16.0. The predicted molar refractivity (Wildman–Crippen MR) is 92.6 cm³/mol. The molecule has 0 aromatic carbocycles. The molecule has 8 heteroatoms. The molecule has 0 aromatic heterocycles. The summed E-state index contributed by atoms with van der Waals surface area (Å²) in [4.78, 5) is 35.2. The molecule has 2 aliphatic heterocycles. The van der Waals surface area contributed by atoms with E-state index in [0.717, 1.165) is 6.42 Å². The van der Waals surface area contributed by atoms with Gasteiger partial charge in [0.2, 0.25) is 0 Å². The second-order valence-electron chi connectivity index (χ2n) is 8.43. The summed E-state index contributed by atoms with van der Waals surface area (Å²) in [5.74, 6) is -0.877. The molecule has 2 heterocycles. The van der Waals surface area contributed by atoms with E-state index < -0.39 is 46.6 Å². The molecule has 1 saturated carbocycles. The van der Waals surface area contributed by atoms with E-state index in [1.54, 1.807) is 0 Å². The minimum absolute atomic E-state index is 0.106. The summed E-state index contributed by atoms with van der Waals surface area (Å²) in [5, 5.41) is 3.29. The first-order chi connectivity index (χ1) is 12.7. The summed E-state index contributed by atoms with van der Waals surface area (Å²) < 4.78 is 23.4. The van der Waals surface area contributed by atoms with Gasteiger partial charge in [-0.3, -0.25) is 9.59 Å². The Bertz CT molecular complexity index is 730. The molecule has 0 aromatic rings. The van der Waals surface area contributed by atoms with Crippen molar-refractivity contribution in [3.8, 4) is 0 Å². The average Bonchev–Trinajstić information content (AvgIpc) is 3.37. The zero-order chi connectivity index (χ0) is 19.6. The zero-order valence-corrected chi connectivity index (χ0v) is 16.0. The quantitative estimate of drug-likeness (QED) is 0.318. The molecule has 1 unspecified atom stereocenters. The minimum atomic E-state index is -0.866. The summed E-state index contributed by atoms with van der Waals surface area (Å²) in [6, 6.07) is -0.866. The van der Waals surface area contributed by atoms with Crippen LogP contribution in [0.1, 0.15) is 40.5 Å². The molecule has 148 valence electrons. The number of esters is 2. The Morgan fingerprint density at radius 3 is 2.59 bits per heavy atom. The summed E-state index contributed by atoms with van der Waals surface area (Å²) in [6.45, 7) is 7.18. The van der Waals surface area contributed by atoms with Gasteiger partial charge in [0.15, 0.2) is 6.04 Å². The van der Waals surface area contributed by atoms with Crippen LogP contribution < -0.4 is 0 Å². The van der Waals surface area contributed by atoms with Crippen LogP contribution in [0.4, 0.5) is 0 Å². The van der Waals surface area contributed by atoms with Crippen molar-refractivity contribution < 1.29 is 28.5 Å². The largest absolute Gasteiger partial charge is 0.465 e. The molecule has 1 spiro atoms. The summed E-state index contributed by atoms with van der Waals surface area (Å²) >= 11 is 0. The van der Waals surface area contributed by atoms with Crippen LogP contribution in [0.3, 0.4) is 0 Å². The molecule has 0 amide bonds. The first-order valence-corrected chi connectivity index (χ1v) is 9.31. The van der Waals surface area contributed by atoms with Gasteiger partial charge in [-0.25, -0.2) is 0 Å². The van der Waals surface area contributed by atoms with Crippen LogP contribution in [0.25, 0.3) is 0 Å². The number of epoxide rings is 1. The fourth-order valence-electron chi connectivity index (χ4n) is 5.71. The number of rotatable bonds is 4. The highest BCUT2D eigenvalue weighted by molar-refractivity contribution is 5.67. The normalized spacial score (nSPS) is 47.0. The Kier molecular flexibility index (Phi) is 4.02. The van der Waals surface area contributed by atoms with E-state index >= 15 is 0 Å². The lowest BCUT2D eigenvalue weighted by atomic mass is 9.51. The number of ether oxygens (including phenoxy) is 4. The van der Waals surface area contributed by atoms with Crippen LogP contribution in [0.15, 0.2) is 16.8 Å². The minimum Gasteiger partial charge on any atom is -0.465 e. The Balaban J connectivity index is 1.88. The number of carbonyl (C=O) groups is 2. The maximum absolute atomic E-state index is 11.9. The highest BCUT2D eigenvalue weighted by Crippen LogP contribution is 2.72. The fourth-order valence-corrected chi connectivity index (χ4v) is 5.71. The van der Waals surface area contributed by atoms with Crippen LogP contribution in [0, 0.1) is 15.7 Å². The lowest BCUT2D eigenvalue weighted by Gasteiger charge is -2.58. The third-order valence-corrected chi connectivity index (χ3v) is 7.20. The van der Waals surface area contributed by atoms with E-state index in [2.05, 4.69) is 5.18 Å². The topological polar surface area (TPSA) is 104 Å². The highest BCUT2D eigenvalue weighted by Gasteiger charge is 2.86. The molecular weight excluding hydrogens is 354 g/mol. The molecule has 0 N–H and O–H groups in total. The van der Waals surface area contributed by atoms with Gasteiger partial charge in [-0.15, -0.1) is 0 Å². The van der Waals surface area contributed by atoms with Gasteiger partial charge >= 0.3 is 11.9 Å². The first-order valence-electron chi connectivity index (χ1n) is 9.31. The number of hydrogen-bond acceptors (Lipinski definition) is 8. The van der Waals surface area contributed by atoms with Crippen molar-refractivity contribution in [1.29, 1.82) is 0 Å². The van der Waals surface area contributed by atoms with Crippen molar-refractivity contribution in [1.82, 2.24) is 0 Å². The molecule has 3 fully saturated rings. The van der Waals surface area contributed by atoms with Crippen molar-refractivity contribution in [2.45, 2.75) is 70.5 Å². The Morgan fingerprint density at radius 2 is 2.04 bits per heavy atom. The molecule has 4 rings (SSSR count). The Hall–Kier alpha value is -1.80. The number of nitroso groups, excluding NO2 is 1. The molecule has 4 aliphatic rings. The predicted octanol–water partition coefficient (Wildman–Crippen LogP) is 1.90. The summed E-state index contributed by atoms with van der Waals surface area (Å²) in [6.07, 6.45) is 1.73. The second-order valence-corrected chi connectivity index (χ2v) is 8.43. The van der Waals surface area contributed by atoms with Crippen molar-refractivity contribution in [3.63, 3.8) is 0 Å². The van der Waals surface area contributed by atoms with Gasteiger partial charge in [0.05, 0.1) is 18.1 Å². The molecule has 2 saturated heterocycles. The second kappa shape index (κ2) is 5.85. The van der Waals surface area contributed by atoms with Gasteiger partial charge in [-0.1, -0.05) is 23.7 Å². The molecular formula is C19H25NO7. The Morgan fingerprint density at radius 1 is 1.33 bits per heavy atom. The number of fused-ring (bicyclic) bond motifs is 2. The summed E-state index contributed by atoms with van der Waals surface area (Å²) in [7, 11) is 0. The number of allylic oxidation sites excluding steroid dienone is 1. The van der Waals surface area contributed by atoms with Gasteiger partial charge in [-0.05, 0) is 19.8 Å². The van der Waals surface area contributed by atoms with Crippen molar-refractivity contribution in [3.05, 3.63) is 16.6 Å². The average molecular weight is 379 g/mol. The lowest BCUT2D eigenvalue weighted by molar-refractivity contribution is -0.233. The molecule has 2 bridgehead atoms. The van der Waals surface area contributed by atoms with Gasteiger partial charge < -0.3 is 18.9 Å². The fraction of sp³-hybridized carbons (Fsp3) is 0.789. The van der Waals surface area contributed by atoms with Crippen LogP contribution >= 0.6 is 0 Å². The maximum atomic E-state index is 11.9. The van der Waals surface area contributed by atoms with E-state index in [0.29, 0.717) is 13.0 Å². The number of nitrogens with zero attached hydrogens (tertiary/aromatic N) is 1. The maximum Gasteiger partial charge on any atom is 0.303 e. The molecule has 27 heavy (non-hydrogen) atoms. The molecule has 2 aliphatic carbocycles. The monoisotopic (exact) mass is 379 g/mol. The van der Waals surface area contributed by atoms with Gasteiger partial charge in [0.25, 0.3) is 0 Å². The van der Waals surface area contributed by atoms with Crippen LogP contribution in [-0.2, 0) is 28.5 Å². The van der Waals surface area contributed by atoms with E-state index in [1.165, 1.54) is 19.4 Å². The third-order valence-electron chi connectivity index (χ3n) is 7.20. The first kappa shape index (κ1) is 18.6. The molecule has 8 nitrogen and oxygen atoms in total. The third kappa shape index (κ3) is 2.23. The molecule has 7 atom stereocenters. The van der Waals surface area contributed by atoms with Crippen molar-refractivity contribution >= 4 is 11.9 Å². The lowest BCUT2D eigenvalue weighted by Crippen LogP contribution is -2.66. The Labute approximate surface area is 157 Å². The standard InChI is InChI=1S/C19H25NO7/c1-10-5-6-18(8-24-11(2)21)13(7-10)27-16-14(20-23)15(26-12(3)22)17(18,4)19(16)9-25-19/h7,13-16H,5-6,8-9H2,1-4H3/t13-,14?,15-,16-,17-,18-,19+/m1/s1. The van der Waals surface area contributed by atoms with Crippen LogP contribution in [0.2, 0.25) is 0 Å². The number of hydrogen-bond donors (Lipinski definition) is 0. The van der Waals surface area contributed by atoms with Gasteiger partial charge in [0, 0.05) is 19.3 Å². The SMILES string of the molecule is CC(=O)OC[C@]12CCC(C)=C[C@H]1O[C@@H]1C(N=O)[C@@H](OC(C)=O)[C@@]2(C)[C@]12CO2.